The lowest BCUT2D eigenvalue weighted by molar-refractivity contribution is 0.102. The Labute approximate surface area is 247 Å². The van der Waals surface area contributed by atoms with Crippen LogP contribution >= 0.6 is 0 Å². The van der Waals surface area contributed by atoms with Crippen molar-refractivity contribution in [2.24, 2.45) is 0 Å². The van der Waals surface area contributed by atoms with Gasteiger partial charge in [0.25, 0.3) is 5.91 Å². The fraction of sp³-hybridized carbons (Fsp3) is 0.303. The highest BCUT2D eigenvalue weighted by Gasteiger charge is 2.21. The van der Waals surface area contributed by atoms with Crippen molar-refractivity contribution in [3.8, 4) is 17.4 Å². The van der Waals surface area contributed by atoms with E-state index in [9.17, 15) is 4.79 Å². The number of nitrogens with zero attached hydrogens (tertiary/aromatic N) is 4. The average molecular weight is 567 g/mol. The van der Waals surface area contributed by atoms with Crippen LogP contribution in [-0.4, -0.2) is 60.1 Å². The summed E-state index contributed by atoms with van der Waals surface area (Å²) in [6, 6.07) is 21.9. The van der Waals surface area contributed by atoms with E-state index in [0.29, 0.717) is 23.5 Å². The van der Waals surface area contributed by atoms with Gasteiger partial charge in [-0.15, -0.1) is 0 Å². The highest BCUT2D eigenvalue weighted by atomic mass is 16.5. The minimum atomic E-state index is -0.370. The molecule has 9 heteroatoms. The summed E-state index contributed by atoms with van der Waals surface area (Å²) in [5.74, 6) is 1.01. The number of nitrogens with one attached hydrogen (secondary N) is 2. The first-order valence-corrected chi connectivity index (χ1v) is 14.2. The number of piperazine rings is 1. The number of methoxy groups -OCH3 is 1. The van der Waals surface area contributed by atoms with Crippen molar-refractivity contribution in [3.05, 3.63) is 89.6 Å². The van der Waals surface area contributed by atoms with E-state index in [4.69, 9.17) is 9.47 Å². The summed E-state index contributed by atoms with van der Waals surface area (Å²) >= 11 is 0. The van der Waals surface area contributed by atoms with Gasteiger partial charge in [0.05, 0.1) is 7.11 Å². The van der Waals surface area contributed by atoms with E-state index in [2.05, 4.69) is 56.4 Å². The van der Waals surface area contributed by atoms with Crippen molar-refractivity contribution >= 4 is 28.9 Å². The Bertz CT molecular complexity index is 1510. The van der Waals surface area contributed by atoms with Crippen LogP contribution < -0.4 is 25.0 Å². The van der Waals surface area contributed by atoms with Gasteiger partial charge in [-0.25, -0.2) is 4.98 Å². The Balaban J connectivity index is 1.38. The number of carbonyl (C=O) groups excluding carboxylic acids is 1. The molecule has 0 atom stereocenters. The number of benzene rings is 3. The maximum atomic E-state index is 13.5. The Morgan fingerprint density at radius 1 is 0.881 bits per heavy atom. The highest BCUT2D eigenvalue weighted by Crippen LogP contribution is 2.33. The van der Waals surface area contributed by atoms with Crippen LogP contribution in [0.15, 0.2) is 72.9 Å². The zero-order chi connectivity index (χ0) is 29.6. The molecule has 0 saturated carbocycles. The number of ether oxygens (including phenoxy) is 2. The fourth-order valence-electron chi connectivity index (χ4n) is 5.04. The van der Waals surface area contributed by atoms with Gasteiger partial charge in [-0.1, -0.05) is 30.3 Å². The second kappa shape index (κ2) is 12.9. The quantitative estimate of drug-likeness (QED) is 0.240. The number of hydrogen-bond donors (Lipinski definition) is 2. The molecule has 3 aromatic carbocycles. The Kier molecular flexibility index (Phi) is 8.88. The van der Waals surface area contributed by atoms with Gasteiger partial charge >= 0.3 is 0 Å². The van der Waals surface area contributed by atoms with Crippen LogP contribution in [0.3, 0.4) is 0 Å². The van der Waals surface area contributed by atoms with E-state index in [-0.39, 0.29) is 17.4 Å². The molecule has 0 spiro atoms. The molecule has 0 unspecified atom stereocenters. The predicted octanol–water partition coefficient (Wildman–Crippen LogP) is 6.42. The van der Waals surface area contributed by atoms with Gasteiger partial charge in [-0.3, -0.25) is 9.69 Å². The molecule has 1 aromatic heterocycles. The zero-order valence-corrected chi connectivity index (χ0v) is 24.8. The molecule has 1 amide bonds. The van der Waals surface area contributed by atoms with Crippen molar-refractivity contribution in [1.29, 1.82) is 0 Å². The maximum Gasteiger partial charge on any atom is 0.262 e. The molecule has 2 heterocycles. The molecule has 0 bridgehead atoms. The van der Waals surface area contributed by atoms with E-state index in [1.165, 1.54) is 11.9 Å². The maximum absolute atomic E-state index is 13.5. The lowest BCUT2D eigenvalue weighted by Gasteiger charge is -2.38. The molecule has 0 aliphatic carbocycles. The third-order valence-corrected chi connectivity index (χ3v) is 7.53. The van der Waals surface area contributed by atoms with E-state index in [1.807, 2.05) is 56.3 Å². The van der Waals surface area contributed by atoms with Crippen LogP contribution in [0.4, 0.5) is 23.0 Å². The molecule has 0 radical (unpaired) electrons. The number of anilines is 4. The number of amides is 1. The monoisotopic (exact) mass is 566 g/mol. The van der Waals surface area contributed by atoms with Crippen LogP contribution in [0.1, 0.15) is 35.3 Å². The molecule has 1 fully saturated rings. The largest absolute Gasteiger partial charge is 0.493 e. The average Bonchev–Trinajstić information content (AvgIpc) is 3.00. The van der Waals surface area contributed by atoms with Crippen LogP contribution in [0, 0.1) is 13.8 Å². The van der Waals surface area contributed by atoms with Crippen LogP contribution in [0.5, 0.6) is 17.4 Å². The number of hydrogen-bond acceptors (Lipinski definition) is 8. The SMILES string of the molecule is COc1ccccc1Oc1nc(Nc2ccc(N3CCN(C(C)C)CC3)cc2)ncc1C(=O)Nc1c(C)cccc1C. The van der Waals surface area contributed by atoms with Gasteiger partial charge in [0.1, 0.15) is 5.56 Å². The molecular formula is C33H38N6O3. The molecular weight excluding hydrogens is 528 g/mol. The van der Waals surface area contributed by atoms with Crippen LogP contribution in [0.2, 0.25) is 0 Å². The summed E-state index contributed by atoms with van der Waals surface area (Å²) < 4.78 is 11.6. The van der Waals surface area contributed by atoms with Gasteiger partial charge in [0, 0.05) is 55.5 Å². The molecule has 1 aliphatic rings. The number of rotatable bonds is 9. The van der Waals surface area contributed by atoms with E-state index in [1.54, 1.807) is 19.2 Å². The minimum Gasteiger partial charge on any atom is -0.493 e. The van der Waals surface area contributed by atoms with Crippen LogP contribution in [0.25, 0.3) is 0 Å². The zero-order valence-electron chi connectivity index (χ0n) is 24.8. The fourth-order valence-corrected chi connectivity index (χ4v) is 5.04. The van der Waals surface area contributed by atoms with Gasteiger partial charge in [0.15, 0.2) is 11.5 Å². The summed E-state index contributed by atoms with van der Waals surface area (Å²) in [6.07, 6.45) is 1.48. The van der Waals surface area contributed by atoms with E-state index in [0.717, 1.165) is 48.7 Å². The molecule has 2 N–H and O–H groups in total. The van der Waals surface area contributed by atoms with Gasteiger partial charge in [0.2, 0.25) is 11.8 Å². The number of para-hydroxylation sites is 3. The number of carbonyl (C=O) groups is 1. The summed E-state index contributed by atoms with van der Waals surface area (Å²) in [4.78, 5) is 27.4. The second-order valence-electron chi connectivity index (χ2n) is 10.7. The first kappa shape index (κ1) is 28.9. The molecule has 5 rings (SSSR count). The molecule has 9 nitrogen and oxygen atoms in total. The van der Waals surface area contributed by atoms with Crippen molar-refractivity contribution in [2.45, 2.75) is 33.7 Å². The molecule has 42 heavy (non-hydrogen) atoms. The Morgan fingerprint density at radius 3 is 2.19 bits per heavy atom. The summed E-state index contributed by atoms with van der Waals surface area (Å²) in [5, 5.41) is 6.26. The van der Waals surface area contributed by atoms with Crippen molar-refractivity contribution in [3.63, 3.8) is 0 Å². The van der Waals surface area contributed by atoms with Crippen LogP contribution in [-0.2, 0) is 0 Å². The third-order valence-electron chi connectivity index (χ3n) is 7.53. The minimum absolute atomic E-state index is 0.111. The number of aryl methyl sites for hydroxylation is 2. The molecule has 1 aliphatic heterocycles. The lowest BCUT2D eigenvalue weighted by Crippen LogP contribution is -2.48. The van der Waals surface area contributed by atoms with Gasteiger partial charge in [-0.2, -0.15) is 4.98 Å². The Morgan fingerprint density at radius 2 is 1.55 bits per heavy atom. The third kappa shape index (κ3) is 6.63. The van der Waals surface area contributed by atoms with Crippen molar-refractivity contribution in [2.75, 3.05) is 48.8 Å². The normalized spacial score (nSPS) is 13.6. The van der Waals surface area contributed by atoms with Gasteiger partial charge < -0.3 is 25.0 Å². The smallest absolute Gasteiger partial charge is 0.262 e. The summed E-state index contributed by atoms with van der Waals surface area (Å²) in [6.45, 7) is 12.5. The lowest BCUT2D eigenvalue weighted by atomic mass is 10.1. The molecule has 4 aromatic rings. The van der Waals surface area contributed by atoms with Crippen molar-refractivity contribution in [1.82, 2.24) is 14.9 Å². The van der Waals surface area contributed by atoms with E-state index >= 15 is 0 Å². The molecule has 218 valence electrons. The summed E-state index contributed by atoms with van der Waals surface area (Å²) in [5.41, 5.74) is 4.88. The standard InChI is InChI=1S/C33H38N6O3/c1-22(2)38-17-19-39(20-18-38)26-15-13-25(14-16-26)35-33-34-21-27(31(40)36-30-23(3)9-8-10-24(30)4)32(37-33)42-29-12-7-6-11-28(29)41-5/h6-16,21-22H,17-20H2,1-5H3,(H,36,40)(H,34,35,37). The molecule has 1 saturated heterocycles. The Hall–Kier alpha value is -4.63. The van der Waals surface area contributed by atoms with E-state index < -0.39 is 0 Å². The predicted molar refractivity (Wildman–Crippen MR) is 168 cm³/mol. The number of aromatic nitrogens is 2. The second-order valence-corrected chi connectivity index (χ2v) is 10.7. The first-order chi connectivity index (χ1) is 20.3. The van der Waals surface area contributed by atoms with Gasteiger partial charge in [-0.05, 0) is 75.2 Å². The highest BCUT2D eigenvalue weighted by molar-refractivity contribution is 6.06. The first-order valence-electron chi connectivity index (χ1n) is 14.2. The van der Waals surface area contributed by atoms with Crippen molar-refractivity contribution < 1.29 is 14.3 Å². The topological polar surface area (TPSA) is 91.9 Å². The summed E-state index contributed by atoms with van der Waals surface area (Å²) in [7, 11) is 1.57.